The van der Waals surface area contributed by atoms with E-state index < -0.39 is 11.4 Å². The molecule has 0 atom stereocenters. The van der Waals surface area contributed by atoms with Crippen molar-refractivity contribution < 1.29 is 18.7 Å². The molecule has 1 aromatic heterocycles. The molecular formula is C25H28FN3O3. The first-order chi connectivity index (χ1) is 15.1. The van der Waals surface area contributed by atoms with Gasteiger partial charge in [0.25, 0.3) is 0 Å². The monoisotopic (exact) mass is 437 g/mol. The zero-order valence-electron chi connectivity index (χ0n) is 19.1. The summed E-state index contributed by atoms with van der Waals surface area (Å²) in [6.45, 7) is 8.74. The van der Waals surface area contributed by atoms with Crippen molar-refractivity contribution in [3.8, 4) is 17.1 Å². The summed E-state index contributed by atoms with van der Waals surface area (Å²) in [6.07, 6.45) is 2.53. The highest BCUT2D eigenvalue weighted by molar-refractivity contribution is 5.86. The Labute approximate surface area is 187 Å². The van der Waals surface area contributed by atoms with Gasteiger partial charge in [-0.05, 0) is 81.1 Å². The molecule has 0 saturated heterocycles. The lowest BCUT2D eigenvalue weighted by Crippen LogP contribution is -2.39. The van der Waals surface area contributed by atoms with E-state index in [1.807, 2.05) is 27.7 Å². The number of aromatic amines is 1. The van der Waals surface area contributed by atoms with E-state index in [4.69, 9.17) is 9.47 Å². The summed E-state index contributed by atoms with van der Waals surface area (Å²) in [6, 6.07) is 8.97. The largest absolute Gasteiger partial charge is 0.494 e. The third kappa shape index (κ3) is 4.47. The van der Waals surface area contributed by atoms with Crippen LogP contribution in [0.2, 0.25) is 0 Å². The number of carbonyl (C=O) groups is 1. The van der Waals surface area contributed by atoms with Crippen LogP contribution < -0.4 is 4.74 Å². The van der Waals surface area contributed by atoms with Crippen LogP contribution in [0.3, 0.4) is 0 Å². The molecule has 2 heterocycles. The molecule has 0 saturated carbocycles. The summed E-state index contributed by atoms with van der Waals surface area (Å²) in [5, 5.41) is 0. The smallest absolute Gasteiger partial charge is 0.410 e. The maximum atomic E-state index is 14.1. The fourth-order valence-corrected chi connectivity index (χ4v) is 3.85. The van der Waals surface area contributed by atoms with Crippen LogP contribution in [-0.2, 0) is 4.74 Å². The number of hydrogen-bond donors (Lipinski definition) is 1. The summed E-state index contributed by atoms with van der Waals surface area (Å²) in [5.74, 6) is 0.383. The topological polar surface area (TPSA) is 67.4 Å². The first-order valence-corrected chi connectivity index (χ1v) is 10.7. The van der Waals surface area contributed by atoms with Crippen molar-refractivity contribution in [2.75, 3.05) is 20.2 Å². The van der Waals surface area contributed by atoms with E-state index in [1.165, 1.54) is 18.7 Å². The lowest BCUT2D eigenvalue weighted by molar-refractivity contribution is 0.0270. The molecule has 0 unspecified atom stereocenters. The van der Waals surface area contributed by atoms with Gasteiger partial charge in [-0.3, -0.25) is 0 Å². The van der Waals surface area contributed by atoms with E-state index in [0.29, 0.717) is 24.5 Å². The van der Waals surface area contributed by atoms with E-state index >= 15 is 0 Å². The molecule has 32 heavy (non-hydrogen) atoms. The molecule has 4 rings (SSSR count). The Morgan fingerprint density at radius 3 is 2.59 bits per heavy atom. The van der Waals surface area contributed by atoms with Crippen LogP contribution in [-0.4, -0.2) is 46.8 Å². The van der Waals surface area contributed by atoms with Crippen LogP contribution in [0.4, 0.5) is 9.18 Å². The highest BCUT2D eigenvalue weighted by Gasteiger charge is 2.24. The zero-order chi connectivity index (χ0) is 23.0. The minimum Gasteiger partial charge on any atom is -0.494 e. The first-order valence-electron chi connectivity index (χ1n) is 10.7. The van der Waals surface area contributed by atoms with Gasteiger partial charge in [0.1, 0.15) is 11.4 Å². The summed E-state index contributed by atoms with van der Waals surface area (Å²) >= 11 is 0. The average molecular weight is 438 g/mol. The lowest BCUT2D eigenvalue weighted by atomic mass is 9.97. The number of benzene rings is 2. The van der Waals surface area contributed by atoms with Crippen molar-refractivity contribution >= 4 is 22.7 Å². The normalized spacial score (nSPS) is 14.4. The van der Waals surface area contributed by atoms with Gasteiger partial charge < -0.3 is 19.4 Å². The van der Waals surface area contributed by atoms with Crippen molar-refractivity contribution in [1.29, 1.82) is 0 Å². The number of H-pyrrole nitrogens is 1. The maximum Gasteiger partial charge on any atom is 0.410 e. The predicted molar refractivity (Wildman–Crippen MR) is 123 cm³/mol. The molecule has 1 amide bonds. The molecule has 1 N–H and O–H groups in total. The molecule has 0 radical (unpaired) electrons. The Morgan fingerprint density at radius 1 is 1.19 bits per heavy atom. The number of nitrogens with one attached hydrogen (secondary N) is 1. The number of hydrogen-bond acceptors (Lipinski definition) is 4. The predicted octanol–water partition coefficient (Wildman–Crippen LogP) is 5.71. The van der Waals surface area contributed by atoms with E-state index in [9.17, 15) is 9.18 Å². The van der Waals surface area contributed by atoms with Gasteiger partial charge >= 0.3 is 6.09 Å². The zero-order valence-corrected chi connectivity index (χ0v) is 19.1. The van der Waals surface area contributed by atoms with Gasteiger partial charge in [-0.25, -0.2) is 14.2 Å². The number of rotatable bonds is 3. The van der Waals surface area contributed by atoms with Crippen LogP contribution in [0, 0.1) is 12.7 Å². The van der Waals surface area contributed by atoms with E-state index in [1.54, 1.807) is 17.0 Å². The molecule has 7 heteroatoms. The van der Waals surface area contributed by atoms with Gasteiger partial charge in [-0.15, -0.1) is 0 Å². The number of nitrogens with zero attached hydrogens (tertiary/aromatic N) is 2. The van der Waals surface area contributed by atoms with Crippen molar-refractivity contribution in [3.05, 3.63) is 53.4 Å². The molecule has 2 aromatic carbocycles. The Morgan fingerprint density at radius 2 is 1.97 bits per heavy atom. The first kappa shape index (κ1) is 21.9. The molecule has 0 aliphatic carbocycles. The van der Waals surface area contributed by atoms with Crippen LogP contribution in [0.1, 0.15) is 38.3 Å². The number of carbonyl (C=O) groups excluding carboxylic acids is 1. The highest BCUT2D eigenvalue weighted by atomic mass is 19.1. The van der Waals surface area contributed by atoms with Crippen LogP contribution in [0.5, 0.6) is 5.75 Å². The molecule has 0 spiro atoms. The second kappa shape index (κ2) is 8.30. The Hall–Kier alpha value is -3.35. The number of fused-ring (bicyclic) bond motifs is 1. The van der Waals surface area contributed by atoms with Gasteiger partial charge in [0.15, 0.2) is 11.6 Å². The lowest BCUT2D eigenvalue weighted by Gasteiger charge is -2.29. The third-order valence-electron chi connectivity index (χ3n) is 5.43. The van der Waals surface area contributed by atoms with E-state index in [2.05, 4.69) is 28.2 Å². The second-order valence-corrected chi connectivity index (χ2v) is 9.03. The highest BCUT2D eigenvalue weighted by Crippen LogP contribution is 2.31. The fourth-order valence-electron chi connectivity index (χ4n) is 3.85. The minimum absolute atomic E-state index is 0.202. The van der Waals surface area contributed by atoms with Gasteiger partial charge in [0.2, 0.25) is 0 Å². The summed E-state index contributed by atoms with van der Waals surface area (Å²) in [5.41, 5.74) is 5.20. The standard InChI is InChI=1S/C25H28FN3O3/c1-15-12-18(16-8-10-29(11-9-16)24(30)32-25(2,3)4)14-20-22(15)28-23(27-20)17-6-7-21(31-5)19(26)13-17/h6-8,12-14H,9-11H2,1-5H3,(H,27,28). The van der Waals surface area contributed by atoms with Gasteiger partial charge in [-0.1, -0.05) is 6.08 Å². The van der Waals surface area contributed by atoms with E-state index in [0.717, 1.165) is 28.6 Å². The number of imidazole rings is 1. The SMILES string of the molecule is COc1ccc(-c2nc3c(C)cc(C4=CCN(C(=O)OC(C)(C)C)CC4)cc3[nH]2)cc1F. The maximum absolute atomic E-state index is 14.1. The molecule has 168 valence electrons. The number of amides is 1. The van der Waals surface area contributed by atoms with Gasteiger partial charge in [0.05, 0.1) is 18.1 Å². The number of methoxy groups -OCH3 is 1. The summed E-state index contributed by atoms with van der Waals surface area (Å²) in [7, 11) is 1.44. The fraction of sp³-hybridized carbons (Fsp3) is 0.360. The molecule has 6 nitrogen and oxygen atoms in total. The van der Waals surface area contributed by atoms with Gasteiger partial charge in [0, 0.05) is 18.7 Å². The number of aryl methyl sites for hydroxylation is 1. The van der Waals surface area contributed by atoms with Crippen molar-refractivity contribution in [3.63, 3.8) is 0 Å². The molecule has 0 bridgehead atoms. The molecular weight excluding hydrogens is 409 g/mol. The number of aromatic nitrogens is 2. The number of ether oxygens (including phenoxy) is 2. The summed E-state index contributed by atoms with van der Waals surface area (Å²) < 4.78 is 24.6. The third-order valence-corrected chi connectivity index (χ3v) is 5.43. The van der Waals surface area contributed by atoms with E-state index in [-0.39, 0.29) is 11.8 Å². The average Bonchev–Trinajstić information content (AvgIpc) is 3.17. The summed E-state index contributed by atoms with van der Waals surface area (Å²) in [4.78, 5) is 22.0. The van der Waals surface area contributed by atoms with Crippen molar-refractivity contribution in [2.45, 2.75) is 39.7 Å². The van der Waals surface area contributed by atoms with Crippen molar-refractivity contribution in [2.24, 2.45) is 0 Å². The molecule has 3 aromatic rings. The van der Waals surface area contributed by atoms with Crippen LogP contribution in [0.25, 0.3) is 28.0 Å². The number of halogens is 1. The van der Waals surface area contributed by atoms with Crippen LogP contribution in [0.15, 0.2) is 36.4 Å². The second-order valence-electron chi connectivity index (χ2n) is 9.03. The Bertz CT molecular complexity index is 1210. The van der Waals surface area contributed by atoms with Gasteiger partial charge in [-0.2, -0.15) is 0 Å². The van der Waals surface area contributed by atoms with Crippen molar-refractivity contribution in [1.82, 2.24) is 14.9 Å². The molecule has 1 aliphatic rings. The van der Waals surface area contributed by atoms with Crippen LogP contribution >= 0.6 is 0 Å². The minimum atomic E-state index is -0.506. The molecule has 0 fully saturated rings. The quantitative estimate of drug-likeness (QED) is 0.570. The Balaban J connectivity index is 1.59. The molecule has 1 aliphatic heterocycles. The Kier molecular flexibility index (Phi) is 5.67.